The van der Waals surface area contributed by atoms with Gasteiger partial charge in [-0.05, 0) is 41.5 Å². The Morgan fingerprint density at radius 1 is 0.933 bits per heavy atom. The molecule has 0 aliphatic carbocycles. The van der Waals surface area contributed by atoms with Gasteiger partial charge in [0.15, 0.2) is 0 Å². The predicted molar refractivity (Wildman–Crippen MR) is 110 cm³/mol. The fourth-order valence-electron chi connectivity index (χ4n) is 2.36. The first kappa shape index (κ1) is 26.6. The van der Waals surface area contributed by atoms with Crippen molar-refractivity contribution in [2.24, 2.45) is 0 Å². The third-order valence-corrected chi connectivity index (χ3v) is 7.08. The summed E-state index contributed by atoms with van der Waals surface area (Å²) in [5, 5.41) is -0.0948. The summed E-state index contributed by atoms with van der Waals surface area (Å²) in [6.45, 7) is 10.1. The molecule has 1 aromatic heterocycles. The fourth-order valence-corrected chi connectivity index (χ4v) is 5.24. The van der Waals surface area contributed by atoms with Gasteiger partial charge >= 0.3 is 21.4 Å². The Bertz CT molecular complexity index is 794. The number of furan rings is 1. The molecule has 12 heteroatoms. The molecule has 0 aromatic carbocycles. The molecule has 10 nitrogen and oxygen atoms in total. The first-order chi connectivity index (χ1) is 14.2. The van der Waals surface area contributed by atoms with E-state index in [-0.39, 0.29) is 55.4 Å². The Morgan fingerprint density at radius 2 is 1.47 bits per heavy atom. The quantitative estimate of drug-likeness (QED) is 0.196. The third kappa shape index (κ3) is 7.08. The van der Waals surface area contributed by atoms with Crippen LogP contribution < -0.4 is 0 Å². The van der Waals surface area contributed by atoms with E-state index in [1.165, 1.54) is 6.07 Å². The average molecular weight is 468 g/mol. The van der Waals surface area contributed by atoms with E-state index in [1.54, 1.807) is 41.5 Å². The van der Waals surface area contributed by atoms with Gasteiger partial charge in [0.25, 0.3) is 0 Å². The smallest absolute Gasteiger partial charge is 0.460 e. The summed E-state index contributed by atoms with van der Waals surface area (Å²) in [5.41, 5.74) is 0.211. The molecule has 0 amide bonds. The number of hydrogen-bond acceptors (Lipinski definition) is 10. The maximum atomic E-state index is 13.5. The zero-order chi connectivity index (χ0) is 22.8. The van der Waals surface area contributed by atoms with Gasteiger partial charge in [-0.2, -0.15) is 0 Å². The minimum absolute atomic E-state index is 0.0603. The molecule has 0 fully saturated rings. The van der Waals surface area contributed by atoms with E-state index in [0.717, 1.165) is 6.26 Å². The monoisotopic (exact) mass is 468 g/mol. The molecule has 0 atom stereocenters. The van der Waals surface area contributed by atoms with Crippen LogP contribution in [0.25, 0.3) is 5.31 Å². The fraction of sp³-hybridized carbons (Fsp3) is 0.611. The first-order valence-corrected chi connectivity index (χ1v) is 12.7. The molecule has 1 heterocycles. The molecule has 0 aliphatic heterocycles. The van der Waals surface area contributed by atoms with Crippen molar-refractivity contribution in [2.75, 3.05) is 33.0 Å². The van der Waals surface area contributed by atoms with Crippen LogP contribution in [0.15, 0.2) is 16.7 Å². The number of hydrogen-bond donors (Lipinski definition) is 0. The summed E-state index contributed by atoms with van der Waals surface area (Å²) < 4.78 is 62.8. The normalized spacial score (nSPS) is 12.8. The van der Waals surface area contributed by atoms with Gasteiger partial charge in [0, 0.05) is 11.6 Å². The number of phosphoric acid groups is 1. The zero-order valence-corrected chi connectivity index (χ0v) is 20.0. The lowest BCUT2D eigenvalue weighted by atomic mass is 10.2. The lowest BCUT2D eigenvalue weighted by Crippen LogP contribution is -2.03. The first-order valence-electron chi connectivity index (χ1n) is 9.65. The van der Waals surface area contributed by atoms with Gasteiger partial charge in [0.05, 0.1) is 33.0 Å². The summed E-state index contributed by atoms with van der Waals surface area (Å²) in [6, 6.07) is 1.33. The van der Waals surface area contributed by atoms with E-state index in [4.69, 9.17) is 31.8 Å². The van der Waals surface area contributed by atoms with Gasteiger partial charge in [-0.1, -0.05) is 0 Å². The molecule has 0 bridgehead atoms. The average Bonchev–Trinajstić information content (AvgIpc) is 3.04. The maximum absolute atomic E-state index is 13.5. The van der Waals surface area contributed by atoms with E-state index in [9.17, 15) is 13.9 Å². The zero-order valence-electron chi connectivity index (χ0n) is 18.2. The Labute approximate surface area is 177 Å². The van der Waals surface area contributed by atoms with Crippen molar-refractivity contribution in [2.45, 2.75) is 41.5 Å². The second-order valence-electron chi connectivity index (χ2n) is 5.53. The lowest BCUT2D eigenvalue weighted by molar-refractivity contribution is 0.0488. The van der Waals surface area contributed by atoms with Gasteiger partial charge in [0.1, 0.15) is 17.3 Å². The van der Waals surface area contributed by atoms with Crippen molar-refractivity contribution in [3.63, 3.8) is 0 Å². The van der Waals surface area contributed by atoms with Crippen LogP contribution in [0.2, 0.25) is 0 Å². The third-order valence-electron chi connectivity index (χ3n) is 3.43. The molecule has 0 N–H and O–H groups in total. The Kier molecular flexibility index (Phi) is 11.0. The number of rotatable bonds is 14. The van der Waals surface area contributed by atoms with Gasteiger partial charge in [-0.3, -0.25) is 13.6 Å². The highest BCUT2D eigenvalue weighted by atomic mass is 31.2. The molecule has 1 aromatic rings. The Hall–Kier alpha value is -1.41. The molecule has 0 unspecified atom stereocenters. The topological polar surface area (TPSA) is 120 Å². The standard InChI is InChI=1S/C18H30O10P2/c1-7-22-18(19)16-12-15(14(6)28-16)17(29(20,23-8-2)24-9-3)13-27-30(21,25-10-4)26-11-5/h12-13H,7-11H2,1-6H3. The minimum Gasteiger partial charge on any atom is -0.460 e. The number of ether oxygens (including phenoxy) is 1. The van der Waals surface area contributed by atoms with E-state index in [1.807, 2.05) is 0 Å². The van der Waals surface area contributed by atoms with Crippen LogP contribution in [0, 0.1) is 6.92 Å². The van der Waals surface area contributed by atoms with Crippen LogP contribution in [-0.4, -0.2) is 39.0 Å². The molecule has 30 heavy (non-hydrogen) atoms. The Balaban J connectivity index is 3.53. The molecule has 0 saturated heterocycles. The van der Waals surface area contributed by atoms with Crippen molar-refractivity contribution in [3.05, 3.63) is 29.4 Å². The van der Waals surface area contributed by atoms with Crippen molar-refractivity contribution in [3.8, 4) is 0 Å². The van der Waals surface area contributed by atoms with Crippen molar-refractivity contribution in [1.29, 1.82) is 0 Å². The summed E-state index contributed by atoms with van der Waals surface area (Å²) in [4.78, 5) is 12.0. The van der Waals surface area contributed by atoms with Gasteiger partial charge < -0.3 is 22.7 Å². The maximum Gasteiger partial charge on any atom is 0.529 e. The minimum atomic E-state index is -3.97. The Morgan fingerprint density at radius 3 is 1.93 bits per heavy atom. The molecular formula is C18H30O10P2. The number of aryl methyl sites for hydroxylation is 1. The van der Waals surface area contributed by atoms with Crippen LogP contribution in [0.3, 0.4) is 0 Å². The van der Waals surface area contributed by atoms with Crippen LogP contribution in [0.5, 0.6) is 0 Å². The van der Waals surface area contributed by atoms with Gasteiger partial charge in [-0.15, -0.1) is 0 Å². The van der Waals surface area contributed by atoms with Crippen molar-refractivity contribution < 1.29 is 45.7 Å². The highest BCUT2D eigenvalue weighted by Gasteiger charge is 2.36. The van der Waals surface area contributed by atoms with Crippen LogP contribution >= 0.6 is 15.4 Å². The van der Waals surface area contributed by atoms with E-state index in [2.05, 4.69) is 0 Å². The second kappa shape index (κ2) is 12.4. The molecule has 0 radical (unpaired) electrons. The molecule has 1 rings (SSSR count). The van der Waals surface area contributed by atoms with Crippen LogP contribution in [0.4, 0.5) is 0 Å². The number of carbonyl (C=O) groups excluding carboxylic acids is 1. The van der Waals surface area contributed by atoms with Gasteiger partial charge in [0.2, 0.25) is 5.76 Å². The van der Waals surface area contributed by atoms with E-state index >= 15 is 0 Å². The number of phosphoric ester groups is 1. The molecule has 0 aliphatic rings. The molecule has 172 valence electrons. The molecular weight excluding hydrogens is 438 g/mol. The summed E-state index contributed by atoms with van der Waals surface area (Å²) >= 11 is 0. The lowest BCUT2D eigenvalue weighted by Gasteiger charge is -2.21. The van der Waals surface area contributed by atoms with Crippen LogP contribution in [0.1, 0.15) is 56.5 Å². The molecule has 0 saturated carbocycles. The van der Waals surface area contributed by atoms with Crippen molar-refractivity contribution >= 4 is 26.7 Å². The second-order valence-corrected chi connectivity index (χ2v) is 9.14. The van der Waals surface area contributed by atoms with Gasteiger partial charge in [-0.25, -0.2) is 9.36 Å². The van der Waals surface area contributed by atoms with Crippen molar-refractivity contribution in [1.82, 2.24) is 0 Å². The van der Waals surface area contributed by atoms with E-state index in [0.29, 0.717) is 0 Å². The highest BCUT2D eigenvalue weighted by Crippen LogP contribution is 2.62. The largest absolute Gasteiger partial charge is 0.529 e. The summed E-state index contributed by atoms with van der Waals surface area (Å²) in [5.74, 6) is -0.563. The number of esters is 1. The predicted octanol–water partition coefficient (Wildman–Crippen LogP) is 5.53. The van der Waals surface area contributed by atoms with Crippen LogP contribution in [-0.2, 0) is 36.5 Å². The van der Waals surface area contributed by atoms with E-state index < -0.39 is 21.4 Å². The highest BCUT2D eigenvalue weighted by molar-refractivity contribution is 7.65. The number of carbonyl (C=O) groups is 1. The summed E-state index contributed by atoms with van der Waals surface area (Å²) in [7, 11) is -7.91. The SMILES string of the molecule is CCOC(=O)c1cc(C(=COP(=O)(OCC)OCC)P(=O)(OCC)OCC)c(C)o1. The molecule has 0 spiro atoms. The summed E-state index contributed by atoms with van der Waals surface area (Å²) in [6.07, 6.45) is 0.949.